The minimum Gasteiger partial charge on any atom is -0.451 e. The van der Waals surface area contributed by atoms with Crippen LogP contribution in [-0.2, 0) is 19.1 Å². The van der Waals surface area contributed by atoms with Crippen molar-refractivity contribution in [1.82, 2.24) is 5.32 Å². The summed E-state index contributed by atoms with van der Waals surface area (Å²) in [5.41, 5.74) is -0.317. The second-order valence-electron chi connectivity index (χ2n) is 5.07. The fraction of sp³-hybridized carbons (Fsp3) is 0.714. The Labute approximate surface area is 115 Å². The van der Waals surface area contributed by atoms with Crippen LogP contribution in [0.2, 0.25) is 0 Å². The number of esters is 1. The van der Waals surface area contributed by atoms with Crippen molar-refractivity contribution in [3.63, 3.8) is 0 Å². The summed E-state index contributed by atoms with van der Waals surface area (Å²) < 4.78 is 10.2. The maximum absolute atomic E-state index is 11.8. The minimum atomic E-state index is -0.840. The average molecular weight is 271 g/mol. The van der Waals surface area contributed by atoms with Crippen LogP contribution < -0.4 is 5.32 Å². The Bertz CT molecular complexity index is 325. The number of rotatable bonds is 8. The van der Waals surface area contributed by atoms with E-state index in [2.05, 4.69) is 11.9 Å². The van der Waals surface area contributed by atoms with Crippen molar-refractivity contribution in [3.8, 4) is 0 Å². The first kappa shape index (κ1) is 17.6. The van der Waals surface area contributed by atoms with E-state index in [0.29, 0.717) is 0 Å². The van der Waals surface area contributed by atoms with E-state index in [0.717, 1.165) is 6.42 Å². The molecule has 2 atom stereocenters. The van der Waals surface area contributed by atoms with Crippen LogP contribution in [0.3, 0.4) is 0 Å². The van der Waals surface area contributed by atoms with Crippen molar-refractivity contribution >= 4 is 11.9 Å². The molecule has 0 aromatic rings. The molecule has 2 unspecified atom stereocenters. The fourth-order valence-electron chi connectivity index (χ4n) is 1.13. The van der Waals surface area contributed by atoms with Gasteiger partial charge in [-0.05, 0) is 34.1 Å². The Morgan fingerprint density at radius 3 is 2.37 bits per heavy atom. The molecular formula is C14H25NO4. The summed E-state index contributed by atoms with van der Waals surface area (Å²) >= 11 is 0. The van der Waals surface area contributed by atoms with E-state index >= 15 is 0 Å². The molecule has 0 aromatic carbocycles. The second kappa shape index (κ2) is 7.94. The summed E-state index contributed by atoms with van der Waals surface area (Å²) in [6, 6.07) is 0. The van der Waals surface area contributed by atoms with Gasteiger partial charge in [0.15, 0.2) is 12.2 Å². The molecule has 0 bridgehead atoms. The van der Waals surface area contributed by atoms with Crippen LogP contribution in [0, 0.1) is 0 Å². The molecule has 0 aromatic heterocycles. The topological polar surface area (TPSA) is 64.6 Å². The molecular weight excluding hydrogens is 246 g/mol. The first-order chi connectivity index (χ1) is 8.73. The quantitative estimate of drug-likeness (QED) is 0.540. The molecule has 19 heavy (non-hydrogen) atoms. The highest BCUT2D eigenvalue weighted by Crippen LogP contribution is 2.08. The van der Waals surface area contributed by atoms with Crippen molar-refractivity contribution in [3.05, 3.63) is 12.7 Å². The van der Waals surface area contributed by atoms with Gasteiger partial charge in [0.1, 0.15) is 0 Å². The predicted octanol–water partition coefficient (Wildman–Crippen LogP) is 1.81. The van der Waals surface area contributed by atoms with Gasteiger partial charge in [-0.15, -0.1) is 6.58 Å². The van der Waals surface area contributed by atoms with E-state index in [4.69, 9.17) is 9.47 Å². The Morgan fingerprint density at radius 1 is 1.32 bits per heavy atom. The van der Waals surface area contributed by atoms with E-state index < -0.39 is 18.2 Å². The summed E-state index contributed by atoms with van der Waals surface area (Å²) in [4.78, 5) is 23.5. The summed E-state index contributed by atoms with van der Waals surface area (Å²) in [7, 11) is 0. The standard InChI is InChI=1S/C14H25NO4/c1-7-9-18-11(4)13(17)19-10(3)12(16)15-14(5,6)8-2/h7,10-11H,1,8-9H2,2-6H3,(H,15,16). The normalized spacial score (nSPS) is 14.4. The van der Waals surface area contributed by atoms with Crippen molar-refractivity contribution in [2.75, 3.05) is 6.61 Å². The van der Waals surface area contributed by atoms with E-state index in [-0.39, 0.29) is 18.1 Å². The van der Waals surface area contributed by atoms with E-state index in [1.54, 1.807) is 19.9 Å². The van der Waals surface area contributed by atoms with E-state index in [9.17, 15) is 9.59 Å². The molecule has 1 amide bonds. The molecule has 1 N–H and O–H groups in total. The molecule has 0 radical (unpaired) electrons. The first-order valence-corrected chi connectivity index (χ1v) is 6.48. The van der Waals surface area contributed by atoms with Gasteiger partial charge >= 0.3 is 5.97 Å². The summed E-state index contributed by atoms with van der Waals surface area (Å²) in [5.74, 6) is -0.866. The Balaban J connectivity index is 4.28. The molecule has 0 saturated heterocycles. The van der Waals surface area contributed by atoms with Crippen LogP contribution in [-0.4, -0.2) is 36.2 Å². The van der Waals surface area contributed by atoms with Crippen LogP contribution in [0.15, 0.2) is 12.7 Å². The first-order valence-electron chi connectivity index (χ1n) is 6.48. The summed E-state index contributed by atoms with van der Waals surface area (Å²) in [6.07, 6.45) is 0.780. The van der Waals surface area contributed by atoms with Crippen molar-refractivity contribution < 1.29 is 19.1 Å². The van der Waals surface area contributed by atoms with Crippen molar-refractivity contribution in [1.29, 1.82) is 0 Å². The molecule has 0 saturated carbocycles. The molecule has 0 spiro atoms. The van der Waals surface area contributed by atoms with Crippen LogP contribution >= 0.6 is 0 Å². The lowest BCUT2D eigenvalue weighted by atomic mass is 10.0. The highest BCUT2D eigenvalue weighted by molar-refractivity contribution is 5.84. The van der Waals surface area contributed by atoms with E-state index in [1.165, 1.54) is 0 Å². The fourth-order valence-corrected chi connectivity index (χ4v) is 1.13. The largest absolute Gasteiger partial charge is 0.451 e. The second-order valence-corrected chi connectivity index (χ2v) is 5.07. The highest BCUT2D eigenvalue weighted by Gasteiger charge is 2.26. The number of hydrogen-bond donors (Lipinski definition) is 1. The van der Waals surface area contributed by atoms with Gasteiger partial charge < -0.3 is 14.8 Å². The number of hydrogen-bond acceptors (Lipinski definition) is 4. The van der Waals surface area contributed by atoms with Crippen LogP contribution in [0.4, 0.5) is 0 Å². The third kappa shape index (κ3) is 6.96. The molecule has 5 heteroatoms. The lowest BCUT2D eigenvalue weighted by Crippen LogP contribution is -2.48. The lowest BCUT2D eigenvalue weighted by Gasteiger charge is -2.26. The molecule has 5 nitrogen and oxygen atoms in total. The van der Waals surface area contributed by atoms with Crippen molar-refractivity contribution in [2.24, 2.45) is 0 Å². The number of amides is 1. The van der Waals surface area contributed by atoms with Gasteiger partial charge in [-0.25, -0.2) is 4.79 Å². The van der Waals surface area contributed by atoms with Crippen LogP contribution in [0.25, 0.3) is 0 Å². The Hall–Kier alpha value is -1.36. The van der Waals surface area contributed by atoms with Crippen molar-refractivity contribution in [2.45, 2.75) is 58.8 Å². The number of carbonyl (C=O) groups is 2. The molecule has 0 rings (SSSR count). The van der Waals surface area contributed by atoms with Crippen LogP contribution in [0.1, 0.15) is 41.0 Å². The predicted molar refractivity (Wildman–Crippen MR) is 73.7 cm³/mol. The summed E-state index contributed by atoms with van der Waals surface area (Å²) in [6.45, 7) is 12.7. The van der Waals surface area contributed by atoms with E-state index in [1.807, 2.05) is 20.8 Å². The third-order valence-corrected chi connectivity index (χ3v) is 2.80. The molecule has 0 heterocycles. The number of ether oxygens (including phenoxy) is 2. The zero-order chi connectivity index (χ0) is 15.1. The van der Waals surface area contributed by atoms with Crippen LogP contribution in [0.5, 0.6) is 0 Å². The van der Waals surface area contributed by atoms with Gasteiger partial charge in [-0.2, -0.15) is 0 Å². The monoisotopic (exact) mass is 271 g/mol. The number of carbonyl (C=O) groups excluding carboxylic acids is 2. The smallest absolute Gasteiger partial charge is 0.335 e. The third-order valence-electron chi connectivity index (χ3n) is 2.80. The SMILES string of the molecule is C=CCOC(C)C(=O)OC(C)C(=O)NC(C)(C)CC. The highest BCUT2D eigenvalue weighted by atomic mass is 16.6. The molecule has 0 aliphatic rings. The molecule has 0 aliphatic heterocycles. The van der Waals surface area contributed by atoms with Gasteiger partial charge in [0.2, 0.25) is 0 Å². The lowest BCUT2D eigenvalue weighted by molar-refractivity contribution is -0.164. The Kier molecular flexibility index (Phi) is 7.37. The minimum absolute atomic E-state index is 0.264. The zero-order valence-corrected chi connectivity index (χ0v) is 12.5. The maximum Gasteiger partial charge on any atom is 0.335 e. The molecule has 110 valence electrons. The number of nitrogens with one attached hydrogen (secondary N) is 1. The van der Waals surface area contributed by atoms with Gasteiger partial charge in [0.25, 0.3) is 5.91 Å². The molecule has 0 fully saturated rings. The Morgan fingerprint density at radius 2 is 1.89 bits per heavy atom. The average Bonchev–Trinajstić information content (AvgIpc) is 2.35. The van der Waals surface area contributed by atoms with Gasteiger partial charge in [0.05, 0.1) is 6.61 Å². The maximum atomic E-state index is 11.8. The zero-order valence-electron chi connectivity index (χ0n) is 12.5. The molecule has 0 aliphatic carbocycles. The van der Waals surface area contributed by atoms with Gasteiger partial charge in [-0.3, -0.25) is 4.79 Å². The van der Waals surface area contributed by atoms with Gasteiger partial charge in [-0.1, -0.05) is 13.0 Å². The summed E-state index contributed by atoms with van der Waals surface area (Å²) in [5, 5.41) is 2.82. The van der Waals surface area contributed by atoms with Gasteiger partial charge in [0, 0.05) is 5.54 Å².